The van der Waals surface area contributed by atoms with Crippen LogP contribution in [0.15, 0.2) is 4.79 Å². The normalized spacial score (nSPS) is 10.1. The first-order valence-corrected chi connectivity index (χ1v) is 4.51. The summed E-state index contributed by atoms with van der Waals surface area (Å²) >= 11 is 0. The summed E-state index contributed by atoms with van der Waals surface area (Å²) < 4.78 is 1.22. The highest BCUT2D eigenvalue weighted by molar-refractivity contribution is 5.75. The second kappa shape index (κ2) is 4.12. The lowest BCUT2D eigenvalue weighted by molar-refractivity contribution is -0.107. The molecule has 0 unspecified atom stereocenters. The second-order valence-corrected chi connectivity index (χ2v) is 3.09. The molecule has 0 bridgehead atoms. The Morgan fingerprint density at radius 2 is 2.20 bits per heavy atom. The summed E-state index contributed by atoms with van der Waals surface area (Å²) in [6.07, 6.45) is 0.529. The van der Waals surface area contributed by atoms with Crippen molar-refractivity contribution in [2.24, 2.45) is 7.05 Å². The van der Waals surface area contributed by atoms with Crippen LogP contribution in [-0.4, -0.2) is 27.6 Å². The maximum Gasteiger partial charge on any atom is 0.297 e. The van der Waals surface area contributed by atoms with Crippen LogP contribution in [0.3, 0.4) is 0 Å². The van der Waals surface area contributed by atoms with Crippen molar-refractivity contribution in [3.63, 3.8) is 0 Å². The van der Waals surface area contributed by atoms with Crippen LogP contribution in [-0.2, 0) is 11.8 Å². The van der Waals surface area contributed by atoms with E-state index in [1.165, 1.54) is 16.5 Å². The van der Waals surface area contributed by atoms with Crippen molar-refractivity contribution in [2.75, 3.05) is 11.4 Å². The van der Waals surface area contributed by atoms with Crippen molar-refractivity contribution in [1.29, 1.82) is 0 Å². The van der Waals surface area contributed by atoms with Crippen LogP contribution in [0.2, 0.25) is 0 Å². The van der Waals surface area contributed by atoms with Gasteiger partial charge in [-0.15, -0.1) is 0 Å². The molecule has 82 valence electrons. The number of rotatable bonds is 3. The van der Waals surface area contributed by atoms with Gasteiger partial charge in [0, 0.05) is 13.6 Å². The summed E-state index contributed by atoms with van der Waals surface area (Å²) in [6, 6.07) is 0. The van der Waals surface area contributed by atoms with E-state index in [0.717, 1.165) is 0 Å². The molecule has 0 aromatic carbocycles. The molecule has 0 aliphatic heterocycles. The lowest BCUT2D eigenvalue weighted by atomic mass is 10.4. The highest BCUT2D eigenvalue weighted by Gasteiger charge is 2.16. The molecule has 0 atom stereocenters. The summed E-state index contributed by atoms with van der Waals surface area (Å²) in [5.74, 6) is -0.0572. The Hall–Kier alpha value is -1.85. The number of nitrogens with zero attached hydrogens (tertiary/aromatic N) is 3. The first-order chi connectivity index (χ1) is 7.02. The van der Waals surface area contributed by atoms with Crippen LogP contribution in [0, 0.1) is 6.92 Å². The van der Waals surface area contributed by atoms with Gasteiger partial charge in [0.1, 0.15) is 5.82 Å². The summed E-state index contributed by atoms with van der Waals surface area (Å²) in [5.41, 5.74) is -0.558. The largest absolute Gasteiger partial charge is 0.500 e. The Bertz CT molecular complexity index is 439. The first kappa shape index (κ1) is 11.2. The highest BCUT2D eigenvalue weighted by Crippen LogP contribution is 2.18. The zero-order chi connectivity index (χ0) is 11.6. The van der Waals surface area contributed by atoms with Crippen LogP contribution in [0.1, 0.15) is 12.7 Å². The van der Waals surface area contributed by atoms with E-state index in [2.05, 4.69) is 4.98 Å². The van der Waals surface area contributed by atoms with Crippen LogP contribution in [0.4, 0.5) is 5.82 Å². The smallest absolute Gasteiger partial charge is 0.297 e. The number of aromatic nitrogens is 2. The van der Waals surface area contributed by atoms with E-state index in [1.807, 2.05) is 0 Å². The van der Waals surface area contributed by atoms with E-state index in [9.17, 15) is 14.7 Å². The highest BCUT2D eigenvalue weighted by atomic mass is 16.3. The number of carbonyl (C=O) groups is 1. The van der Waals surface area contributed by atoms with Gasteiger partial charge in [0.15, 0.2) is 5.82 Å². The molecule has 15 heavy (non-hydrogen) atoms. The molecule has 0 radical (unpaired) electrons. The number of amides is 1. The van der Waals surface area contributed by atoms with E-state index < -0.39 is 11.3 Å². The maximum absolute atomic E-state index is 11.5. The zero-order valence-electron chi connectivity index (χ0n) is 8.89. The average molecular weight is 211 g/mol. The molecule has 1 aromatic rings. The molecular formula is C9H13N3O3. The Kier molecular flexibility index (Phi) is 3.08. The van der Waals surface area contributed by atoms with Gasteiger partial charge in [0.2, 0.25) is 12.2 Å². The number of carbonyl (C=O) groups excluding carboxylic acids is 1. The quantitative estimate of drug-likeness (QED) is 0.701. The minimum Gasteiger partial charge on any atom is -0.500 e. The van der Waals surface area contributed by atoms with Crippen molar-refractivity contribution in [2.45, 2.75) is 13.8 Å². The standard InChI is InChI=1S/C9H13N3O3/c1-4-12(5-13)8-7(14)9(15)11(3)6(2)10-8/h5,14H,4H2,1-3H3. The second-order valence-electron chi connectivity index (χ2n) is 3.09. The van der Waals surface area contributed by atoms with Crippen LogP contribution in [0.25, 0.3) is 0 Å². The Balaban J connectivity index is 3.44. The lowest BCUT2D eigenvalue weighted by Crippen LogP contribution is -2.27. The van der Waals surface area contributed by atoms with Crippen LogP contribution >= 0.6 is 0 Å². The molecule has 0 aliphatic rings. The Morgan fingerprint density at radius 3 is 2.67 bits per heavy atom. The molecule has 0 fully saturated rings. The van der Waals surface area contributed by atoms with E-state index in [0.29, 0.717) is 18.8 Å². The average Bonchev–Trinajstić information content (AvgIpc) is 2.24. The molecule has 1 rings (SSSR count). The first-order valence-electron chi connectivity index (χ1n) is 4.51. The van der Waals surface area contributed by atoms with Gasteiger partial charge in [0.05, 0.1) is 0 Å². The van der Waals surface area contributed by atoms with E-state index in [4.69, 9.17) is 0 Å². The van der Waals surface area contributed by atoms with E-state index in [1.54, 1.807) is 13.8 Å². The third-order valence-corrected chi connectivity index (χ3v) is 2.21. The molecule has 0 saturated carbocycles. The van der Waals surface area contributed by atoms with Gasteiger partial charge >= 0.3 is 0 Å². The fourth-order valence-corrected chi connectivity index (χ4v) is 1.16. The van der Waals surface area contributed by atoms with Crippen molar-refractivity contribution in [3.8, 4) is 5.75 Å². The van der Waals surface area contributed by atoms with Gasteiger partial charge in [-0.3, -0.25) is 19.1 Å². The number of hydrogen-bond donors (Lipinski definition) is 1. The van der Waals surface area contributed by atoms with Crippen LogP contribution < -0.4 is 10.5 Å². The summed E-state index contributed by atoms with van der Waals surface area (Å²) in [7, 11) is 1.51. The van der Waals surface area contributed by atoms with Crippen LogP contribution in [0.5, 0.6) is 5.75 Å². The summed E-state index contributed by atoms with van der Waals surface area (Å²) in [6.45, 7) is 3.70. The summed E-state index contributed by atoms with van der Waals surface area (Å²) in [5, 5.41) is 9.54. The molecule has 1 heterocycles. The fourth-order valence-electron chi connectivity index (χ4n) is 1.16. The van der Waals surface area contributed by atoms with Gasteiger partial charge in [-0.2, -0.15) is 0 Å². The molecule has 1 aromatic heterocycles. The topological polar surface area (TPSA) is 75.4 Å². The van der Waals surface area contributed by atoms with E-state index in [-0.39, 0.29) is 5.82 Å². The fraction of sp³-hybridized carbons (Fsp3) is 0.444. The Morgan fingerprint density at radius 1 is 1.60 bits per heavy atom. The number of aromatic hydroxyl groups is 1. The van der Waals surface area contributed by atoms with Gasteiger partial charge < -0.3 is 5.11 Å². The predicted molar refractivity (Wildman–Crippen MR) is 55.0 cm³/mol. The van der Waals surface area contributed by atoms with Crippen molar-refractivity contribution >= 4 is 12.2 Å². The molecule has 1 N–H and O–H groups in total. The van der Waals surface area contributed by atoms with Gasteiger partial charge in [0.25, 0.3) is 5.56 Å². The number of hydrogen-bond acceptors (Lipinski definition) is 4. The molecule has 0 spiro atoms. The molecular weight excluding hydrogens is 198 g/mol. The summed E-state index contributed by atoms with van der Waals surface area (Å²) in [4.78, 5) is 27.3. The predicted octanol–water partition coefficient (Wildman–Crippen LogP) is -0.223. The van der Waals surface area contributed by atoms with Crippen molar-refractivity contribution in [1.82, 2.24) is 9.55 Å². The SMILES string of the molecule is CCN(C=O)c1nc(C)n(C)c(=O)c1O. The molecule has 0 aliphatic carbocycles. The van der Waals surface area contributed by atoms with Crippen molar-refractivity contribution < 1.29 is 9.90 Å². The van der Waals surface area contributed by atoms with E-state index >= 15 is 0 Å². The minimum atomic E-state index is -0.558. The molecule has 0 saturated heterocycles. The van der Waals surface area contributed by atoms with Crippen molar-refractivity contribution in [3.05, 3.63) is 16.2 Å². The molecule has 1 amide bonds. The number of aryl methyl sites for hydroxylation is 1. The lowest BCUT2D eigenvalue weighted by Gasteiger charge is -2.16. The molecule has 6 heteroatoms. The monoisotopic (exact) mass is 211 g/mol. The molecule has 6 nitrogen and oxygen atoms in total. The third kappa shape index (κ3) is 1.83. The van der Waals surface area contributed by atoms with Gasteiger partial charge in [-0.1, -0.05) is 0 Å². The maximum atomic E-state index is 11.5. The minimum absolute atomic E-state index is 0.00750. The Labute approximate surface area is 86.8 Å². The zero-order valence-corrected chi connectivity index (χ0v) is 8.89. The van der Waals surface area contributed by atoms with Gasteiger partial charge in [-0.25, -0.2) is 4.98 Å². The number of anilines is 1. The van der Waals surface area contributed by atoms with Gasteiger partial charge in [-0.05, 0) is 13.8 Å². The third-order valence-electron chi connectivity index (χ3n) is 2.21.